The van der Waals surface area contributed by atoms with E-state index < -0.39 is 40.1 Å². The van der Waals surface area contributed by atoms with E-state index in [-0.39, 0.29) is 29.6 Å². The molecule has 3 aromatic rings. The summed E-state index contributed by atoms with van der Waals surface area (Å²) in [5.74, 6) is -3.19. The number of Topliss-reactive ketones (excluding diaryl/α,β-unsaturated/α-hetero) is 1. The van der Waals surface area contributed by atoms with Crippen LogP contribution in [0.2, 0.25) is 0 Å². The van der Waals surface area contributed by atoms with Crippen molar-refractivity contribution in [1.82, 2.24) is 9.97 Å². The van der Waals surface area contributed by atoms with E-state index in [1.165, 1.54) is 6.07 Å². The first-order valence-corrected chi connectivity index (χ1v) is 12.9. The molecule has 1 aromatic carbocycles. The van der Waals surface area contributed by atoms with E-state index in [9.17, 15) is 14.3 Å². The third-order valence-electron chi connectivity index (χ3n) is 7.83. The van der Waals surface area contributed by atoms with Gasteiger partial charge in [0, 0.05) is 24.9 Å². The molecule has 3 N–H and O–H groups in total. The molecule has 2 atom stereocenters. The maximum atomic E-state index is 15.1. The maximum absolute atomic E-state index is 15.1. The van der Waals surface area contributed by atoms with Gasteiger partial charge in [0.05, 0.1) is 11.2 Å². The van der Waals surface area contributed by atoms with Crippen molar-refractivity contribution in [3.63, 3.8) is 0 Å². The molecule has 0 aliphatic heterocycles. The predicted molar refractivity (Wildman–Crippen MR) is 133 cm³/mol. The second-order valence-corrected chi connectivity index (χ2v) is 10.4. The lowest BCUT2D eigenvalue weighted by molar-refractivity contribution is 0.0438. The van der Waals surface area contributed by atoms with Crippen LogP contribution < -0.4 is 5.73 Å². The highest BCUT2D eigenvalue weighted by molar-refractivity contribution is 5.96. The van der Waals surface area contributed by atoms with Crippen LogP contribution in [0.4, 0.5) is 13.2 Å². The van der Waals surface area contributed by atoms with E-state index in [1.807, 2.05) is 6.07 Å². The molecule has 37 heavy (non-hydrogen) atoms. The molecule has 2 fully saturated rings. The molecule has 0 spiro atoms. The lowest BCUT2D eigenvalue weighted by Gasteiger charge is -2.28. The van der Waals surface area contributed by atoms with Crippen LogP contribution in [0.3, 0.4) is 0 Å². The first kappa shape index (κ1) is 25.5. The fourth-order valence-corrected chi connectivity index (χ4v) is 5.85. The number of hydrogen-bond acceptors (Lipinski definition) is 5. The van der Waals surface area contributed by atoms with Crippen LogP contribution in [0.5, 0.6) is 0 Å². The number of carbonyl (C=O) groups excluding carboxylic acids is 1. The average Bonchev–Trinajstić information content (AvgIpc) is 3.32. The minimum Gasteiger partial charge on any atom is -0.385 e. The minimum absolute atomic E-state index is 0.0239. The smallest absolute Gasteiger partial charge is 0.185 e. The zero-order valence-electron chi connectivity index (χ0n) is 20.5. The molecule has 0 unspecified atom stereocenters. The maximum Gasteiger partial charge on any atom is 0.185 e. The minimum atomic E-state index is -1.30. The molecule has 2 aliphatic carbocycles. The summed E-state index contributed by atoms with van der Waals surface area (Å²) in [6.45, 7) is 0. The number of benzene rings is 1. The summed E-state index contributed by atoms with van der Waals surface area (Å²) in [5.41, 5.74) is 5.42. The fourth-order valence-electron chi connectivity index (χ4n) is 5.85. The topological polar surface area (TPSA) is 89.1 Å². The molecule has 0 saturated heterocycles. The Balaban J connectivity index is 1.44. The zero-order valence-corrected chi connectivity index (χ0v) is 20.5. The summed E-state index contributed by atoms with van der Waals surface area (Å²) in [6.07, 6.45) is 9.43. The van der Waals surface area contributed by atoms with E-state index in [2.05, 4.69) is 9.97 Å². The van der Waals surface area contributed by atoms with Gasteiger partial charge in [-0.3, -0.25) is 9.78 Å². The van der Waals surface area contributed by atoms with Crippen molar-refractivity contribution in [2.24, 2.45) is 5.73 Å². The number of rotatable bonds is 6. The molecule has 0 amide bonds. The second-order valence-electron chi connectivity index (χ2n) is 10.4. The number of hydrogen-bond donors (Lipinski definition) is 2. The number of carbonyl (C=O) groups is 1. The number of ketones is 1. The third-order valence-corrected chi connectivity index (χ3v) is 7.83. The molecule has 0 bridgehead atoms. The second kappa shape index (κ2) is 10.3. The summed E-state index contributed by atoms with van der Waals surface area (Å²) in [6, 6.07) is 6.31. The van der Waals surface area contributed by atoms with Crippen LogP contribution in [0, 0.1) is 17.5 Å². The summed E-state index contributed by atoms with van der Waals surface area (Å²) in [4.78, 5) is 21.4. The molecule has 2 saturated carbocycles. The van der Waals surface area contributed by atoms with Crippen molar-refractivity contribution in [1.29, 1.82) is 0 Å². The third kappa shape index (κ3) is 5.18. The van der Waals surface area contributed by atoms with E-state index >= 15 is 8.78 Å². The first-order valence-electron chi connectivity index (χ1n) is 12.9. The van der Waals surface area contributed by atoms with Gasteiger partial charge < -0.3 is 10.8 Å². The average molecular weight is 510 g/mol. The standard InChI is InChI=1S/C29H30F3N3O2/c30-22-6-7-25(26(36)13-18-16-34-11-8-21(18)17-4-3-5-20(33)12-17)35-28(22)27-23(31)14-19(15-24(27)32)29(37)9-1-2-10-29/h6-8,11,14-17,20,37H,1-5,9-10,12-13,33H2/t17-,20+/m1/s1. The number of nitrogens with zero attached hydrogens (tertiary/aromatic N) is 2. The Morgan fingerprint density at radius 1 is 1.03 bits per heavy atom. The molecule has 2 aliphatic rings. The molecule has 2 aromatic heterocycles. The Morgan fingerprint density at radius 2 is 1.76 bits per heavy atom. The van der Waals surface area contributed by atoms with Gasteiger partial charge in [0.2, 0.25) is 0 Å². The van der Waals surface area contributed by atoms with Gasteiger partial charge in [-0.25, -0.2) is 18.2 Å². The molecule has 5 rings (SSSR count). The van der Waals surface area contributed by atoms with Gasteiger partial charge in [0.1, 0.15) is 28.8 Å². The first-order chi connectivity index (χ1) is 17.7. The summed E-state index contributed by atoms with van der Waals surface area (Å²) < 4.78 is 45.0. The van der Waals surface area contributed by atoms with Gasteiger partial charge in [-0.1, -0.05) is 19.3 Å². The highest BCUT2D eigenvalue weighted by atomic mass is 19.1. The van der Waals surface area contributed by atoms with Crippen molar-refractivity contribution in [3.8, 4) is 11.3 Å². The highest BCUT2D eigenvalue weighted by Gasteiger charge is 2.35. The highest BCUT2D eigenvalue weighted by Crippen LogP contribution is 2.41. The largest absolute Gasteiger partial charge is 0.385 e. The van der Waals surface area contributed by atoms with Gasteiger partial charge in [-0.05, 0) is 85.0 Å². The Bertz CT molecular complexity index is 1300. The van der Waals surface area contributed by atoms with E-state index in [0.29, 0.717) is 12.8 Å². The molecule has 2 heterocycles. The Morgan fingerprint density at radius 3 is 2.46 bits per heavy atom. The number of pyridine rings is 2. The van der Waals surface area contributed by atoms with Gasteiger partial charge >= 0.3 is 0 Å². The van der Waals surface area contributed by atoms with Gasteiger partial charge in [-0.15, -0.1) is 0 Å². The molecular formula is C29H30F3N3O2. The monoisotopic (exact) mass is 509 g/mol. The van der Waals surface area contributed by atoms with Crippen LogP contribution in [0.1, 0.15) is 84.5 Å². The molecule has 0 radical (unpaired) electrons. The van der Waals surface area contributed by atoms with Crippen LogP contribution in [-0.4, -0.2) is 26.9 Å². The van der Waals surface area contributed by atoms with Crippen molar-refractivity contribution in [3.05, 3.63) is 82.6 Å². The zero-order chi connectivity index (χ0) is 26.2. The van der Waals surface area contributed by atoms with Crippen LogP contribution in [0.25, 0.3) is 11.3 Å². The summed E-state index contributed by atoms with van der Waals surface area (Å²) in [7, 11) is 0. The summed E-state index contributed by atoms with van der Waals surface area (Å²) in [5, 5.41) is 10.7. The number of nitrogens with two attached hydrogens (primary N) is 1. The van der Waals surface area contributed by atoms with Gasteiger partial charge in [0.15, 0.2) is 5.78 Å². The lowest BCUT2D eigenvalue weighted by atomic mass is 9.80. The van der Waals surface area contributed by atoms with Crippen LogP contribution in [0.15, 0.2) is 42.7 Å². The SMILES string of the molecule is N[C@H]1CCC[C@@H](c2ccncc2CC(=O)c2ccc(F)c(-c3c(F)cc(C4(O)CCCC4)cc3F)n2)C1. The van der Waals surface area contributed by atoms with E-state index in [0.717, 1.165) is 67.9 Å². The van der Waals surface area contributed by atoms with Gasteiger partial charge in [0.25, 0.3) is 0 Å². The fraction of sp³-hybridized carbons (Fsp3) is 0.414. The normalized spacial score (nSPS) is 21.2. The van der Waals surface area contributed by atoms with E-state index in [1.54, 1.807) is 12.4 Å². The van der Waals surface area contributed by atoms with Crippen LogP contribution >= 0.6 is 0 Å². The Hall–Kier alpha value is -3.10. The van der Waals surface area contributed by atoms with E-state index in [4.69, 9.17) is 5.73 Å². The van der Waals surface area contributed by atoms with Crippen LogP contribution in [-0.2, 0) is 12.0 Å². The molecular weight excluding hydrogens is 479 g/mol. The van der Waals surface area contributed by atoms with Crippen molar-refractivity contribution >= 4 is 5.78 Å². The molecule has 5 nitrogen and oxygen atoms in total. The number of halogens is 3. The lowest BCUT2D eigenvalue weighted by Crippen LogP contribution is -2.27. The Kier molecular flexibility index (Phi) is 7.14. The van der Waals surface area contributed by atoms with Crippen molar-refractivity contribution in [2.45, 2.75) is 75.3 Å². The Labute approximate surface area is 214 Å². The quantitative estimate of drug-likeness (QED) is 0.414. The van der Waals surface area contributed by atoms with Gasteiger partial charge in [-0.2, -0.15) is 0 Å². The van der Waals surface area contributed by atoms with Crippen molar-refractivity contribution < 1.29 is 23.1 Å². The molecule has 194 valence electrons. The predicted octanol–water partition coefficient (Wildman–Crippen LogP) is 5.73. The number of aromatic nitrogens is 2. The molecule has 8 heteroatoms. The number of aliphatic hydroxyl groups is 1. The summed E-state index contributed by atoms with van der Waals surface area (Å²) >= 11 is 0. The van der Waals surface area contributed by atoms with Crippen molar-refractivity contribution in [2.75, 3.05) is 0 Å².